The number of carbonyl (C=O) groups excluding carboxylic acids is 1. The van der Waals surface area contributed by atoms with Crippen LogP contribution in [0.4, 0.5) is 19.0 Å². The summed E-state index contributed by atoms with van der Waals surface area (Å²) in [5.41, 5.74) is 12.7. The molecular formula is C24H25Cl2F3N8O. The molecule has 2 atom stereocenters. The number of anilines is 1. The fourth-order valence-corrected chi connectivity index (χ4v) is 5.55. The van der Waals surface area contributed by atoms with Gasteiger partial charge in [-0.3, -0.25) is 9.79 Å². The van der Waals surface area contributed by atoms with Crippen LogP contribution in [0.5, 0.6) is 0 Å². The molecule has 38 heavy (non-hydrogen) atoms. The highest BCUT2D eigenvalue weighted by atomic mass is 35.5. The average molecular weight is 569 g/mol. The number of piperazine rings is 1. The molecule has 2 aliphatic heterocycles. The van der Waals surface area contributed by atoms with Crippen LogP contribution in [0.3, 0.4) is 0 Å². The predicted molar refractivity (Wildman–Crippen MR) is 140 cm³/mol. The molecule has 1 saturated heterocycles. The van der Waals surface area contributed by atoms with E-state index in [0.29, 0.717) is 24.5 Å². The number of hydrogen-bond acceptors (Lipinski definition) is 5. The van der Waals surface area contributed by atoms with E-state index in [1.807, 2.05) is 12.1 Å². The van der Waals surface area contributed by atoms with E-state index >= 15 is 0 Å². The van der Waals surface area contributed by atoms with Gasteiger partial charge in [0.25, 0.3) is 0 Å². The summed E-state index contributed by atoms with van der Waals surface area (Å²) in [5, 5.41) is 4.22. The number of alkyl halides is 3. The molecule has 0 saturated carbocycles. The Morgan fingerprint density at radius 3 is 2.71 bits per heavy atom. The third kappa shape index (κ3) is 4.95. The van der Waals surface area contributed by atoms with E-state index < -0.39 is 29.0 Å². The Hall–Kier alpha value is -3.22. The molecule has 2 aliphatic rings. The molecule has 1 aromatic carbocycles. The second-order valence-electron chi connectivity index (χ2n) is 9.18. The molecular weight excluding hydrogens is 544 g/mol. The van der Waals surface area contributed by atoms with E-state index in [4.69, 9.17) is 34.7 Å². The number of halogens is 5. The van der Waals surface area contributed by atoms with Crippen LogP contribution in [0, 0.1) is 0 Å². The van der Waals surface area contributed by atoms with Crippen LogP contribution in [0.25, 0.3) is 10.9 Å². The minimum Gasteiger partial charge on any atom is -0.370 e. The van der Waals surface area contributed by atoms with Gasteiger partial charge in [0, 0.05) is 47.8 Å². The van der Waals surface area contributed by atoms with E-state index in [1.165, 1.54) is 6.07 Å². The zero-order chi connectivity index (χ0) is 27.2. The predicted octanol–water partition coefficient (Wildman–Crippen LogP) is 3.07. The van der Waals surface area contributed by atoms with Crippen molar-refractivity contribution < 1.29 is 18.0 Å². The number of rotatable bonds is 4. The summed E-state index contributed by atoms with van der Waals surface area (Å²) in [7, 11) is 0. The maximum Gasteiger partial charge on any atom is 0.434 e. The van der Waals surface area contributed by atoms with E-state index in [9.17, 15) is 18.0 Å². The van der Waals surface area contributed by atoms with Crippen LogP contribution in [-0.2, 0) is 17.4 Å². The number of aromatic nitrogens is 2. The van der Waals surface area contributed by atoms with Crippen molar-refractivity contribution in [2.45, 2.75) is 24.7 Å². The van der Waals surface area contributed by atoms with Gasteiger partial charge in [0.15, 0.2) is 11.7 Å². The molecule has 4 heterocycles. The van der Waals surface area contributed by atoms with E-state index in [2.05, 4.69) is 20.3 Å². The van der Waals surface area contributed by atoms with Gasteiger partial charge in [0.2, 0.25) is 5.91 Å². The van der Waals surface area contributed by atoms with Gasteiger partial charge in [-0.05, 0) is 42.3 Å². The molecule has 0 spiro atoms. The number of pyridine rings is 1. The summed E-state index contributed by atoms with van der Waals surface area (Å²) < 4.78 is 40.5. The highest BCUT2D eigenvalue weighted by molar-refractivity contribution is 6.31. The third-order valence-electron chi connectivity index (χ3n) is 6.87. The Labute approximate surface area is 226 Å². The van der Waals surface area contributed by atoms with Crippen LogP contribution in [0.1, 0.15) is 23.0 Å². The zero-order valence-corrected chi connectivity index (χ0v) is 21.5. The Balaban J connectivity index is 1.51. The van der Waals surface area contributed by atoms with Gasteiger partial charge >= 0.3 is 6.18 Å². The number of benzene rings is 1. The molecule has 0 aliphatic carbocycles. The summed E-state index contributed by atoms with van der Waals surface area (Å²) in [6, 6.07) is 6.75. The molecule has 1 fully saturated rings. The first-order valence-corrected chi connectivity index (χ1v) is 12.7. The lowest BCUT2D eigenvalue weighted by Gasteiger charge is -2.42. The molecule has 1 amide bonds. The molecule has 5 rings (SSSR count). The number of nitrogens with two attached hydrogens (primary N) is 2. The van der Waals surface area contributed by atoms with Gasteiger partial charge in [0.05, 0.1) is 17.6 Å². The van der Waals surface area contributed by atoms with Gasteiger partial charge in [-0.1, -0.05) is 23.2 Å². The Bertz CT molecular complexity index is 1410. The number of nitrogens with one attached hydrogen (secondary N) is 2. The molecule has 3 aromatic rings. The SMILES string of the molecule is NC(N)=NCC1c2[nH]c3ccc(Cl)cc3c2CCN1C(=O)C1CNCCN1c1ccc(Cl)c(C(F)(F)F)n1. The molecule has 6 N–H and O–H groups in total. The first-order chi connectivity index (χ1) is 18.0. The summed E-state index contributed by atoms with van der Waals surface area (Å²) in [4.78, 5) is 28.7. The van der Waals surface area contributed by atoms with Crippen molar-refractivity contribution in [3.8, 4) is 0 Å². The summed E-state index contributed by atoms with van der Waals surface area (Å²) in [5.74, 6) is -0.365. The molecule has 0 radical (unpaired) electrons. The average Bonchev–Trinajstić information content (AvgIpc) is 3.24. The lowest BCUT2D eigenvalue weighted by atomic mass is 9.96. The fourth-order valence-electron chi connectivity index (χ4n) is 5.17. The van der Waals surface area contributed by atoms with Gasteiger partial charge < -0.3 is 31.6 Å². The lowest BCUT2D eigenvalue weighted by Crippen LogP contribution is -2.60. The molecule has 2 aromatic heterocycles. The lowest BCUT2D eigenvalue weighted by molar-refractivity contribution is -0.141. The standard InChI is InChI=1S/C24H25Cl2F3N8O/c25-12-1-3-16-14(9-12)13-5-7-37(17(20(13)34-16)11-33-23(30)31)22(38)18-10-32-6-8-36(18)19-4-2-15(26)21(35-19)24(27,28)29/h1-4,9,17-18,32,34H,5-8,10-11H2,(H4,30,31,33). The van der Waals surface area contributed by atoms with Crippen molar-refractivity contribution in [1.29, 1.82) is 0 Å². The number of aromatic amines is 1. The largest absolute Gasteiger partial charge is 0.434 e. The van der Waals surface area contributed by atoms with Crippen molar-refractivity contribution in [3.05, 3.63) is 57.3 Å². The second-order valence-corrected chi connectivity index (χ2v) is 10.0. The second kappa shape index (κ2) is 10.2. The van der Waals surface area contributed by atoms with Crippen LogP contribution in [0.2, 0.25) is 10.0 Å². The van der Waals surface area contributed by atoms with Gasteiger partial charge in [-0.25, -0.2) is 4.98 Å². The number of hydrogen-bond donors (Lipinski definition) is 4. The van der Waals surface area contributed by atoms with Gasteiger partial charge in [-0.2, -0.15) is 13.2 Å². The van der Waals surface area contributed by atoms with Crippen LogP contribution in [-0.4, -0.2) is 65.5 Å². The Kier molecular flexibility index (Phi) is 7.05. The normalized spacial score (nSPS) is 19.9. The van der Waals surface area contributed by atoms with Crippen molar-refractivity contribution in [1.82, 2.24) is 20.2 Å². The quantitative estimate of drug-likeness (QED) is 0.283. The molecule has 9 nitrogen and oxygen atoms in total. The maximum absolute atomic E-state index is 14.0. The van der Waals surface area contributed by atoms with Crippen LogP contribution < -0.4 is 21.7 Å². The first-order valence-electron chi connectivity index (χ1n) is 11.9. The van der Waals surface area contributed by atoms with E-state index in [-0.39, 0.29) is 37.3 Å². The Morgan fingerprint density at radius 2 is 1.97 bits per heavy atom. The monoisotopic (exact) mass is 568 g/mol. The third-order valence-corrected chi connectivity index (χ3v) is 7.41. The molecule has 202 valence electrons. The van der Waals surface area contributed by atoms with E-state index in [1.54, 1.807) is 15.9 Å². The topological polar surface area (TPSA) is 129 Å². The highest BCUT2D eigenvalue weighted by Gasteiger charge is 2.41. The van der Waals surface area contributed by atoms with Crippen molar-refractivity contribution in [2.24, 2.45) is 16.5 Å². The smallest absolute Gasteiger partial charge is 0.370 e. The van der Waals surface area contributed by atoms with Crippen LogP contribution in [0.15, 0.2) is 35.3 Å². The summed E-state index contributed by atoms with van der Waals surface area (Å²) in [6.45, 7) is 1.46. The van der Waals surface area contributed by atoms with Crippen molar-refractivity contribution in [2.75, 3.05) is 37.6 Å². The number of fused-ring (bicyclic) bond motifs is 3. The van der Waals surface area contributed by atoms with Gasteiger partial charge in [0.1, 0.15) is 11.9 Å². The zero-order valence-electron chi connectivity index (χ0n) is 20.0. The minimum absolute atomic E-state index is 0.0281. The number of amides is 1. The Morgan fingerprint density at radius 1 is 1.18 bits per heavy atom. The molecule has 2 unspecified atom stereocenters. The number of nitrogens with zero attached hydrogens (tertiary/aromatic N) is 4. The van der Waals surface area contributed by atoms with Crippen molar-refractivity contribution in [3.63, 3.8) is 0 Å². The molecule has 14 heteroatoms. The number of carbonyl (C=O) groups is 1. The number of aliphatic imine (C=N–C) groups is 1. The van der Waals surface area contributed by atoms with Gasteiger partial charge in [-0.15, -0.1) is 0 Å². The summed E-state index contributed by atoms with van der Waals surface area (Å²) in [6.07, 6.45) is -4.18. The van der Waals surface area contributed by atoms with E-state index in [0.717, 1.165) is 28.2 Å². The minimum atomic E-state index is -4.73. The molecule has 0 bridgehead atoms. The maximum atomic E-state index is 14.0. The van der Waals surface area contributed by atoms with Crippen molar-refractivity contribution >= 4 is 51.8 Å². The number of guanidine groups is 1. The van der Waals surface area contributed by atoms with Crippen LogP contribution >= 0.6 is 23.2 Å². The fraction of sp³-hybridized carbons (Fsp3) is 0.375. The highest BCUT2D eigenvalue weighted by Crippen LogP contribution is 2.38. The first kappa shape index (κ1) is 26.4. The summed E-state index contributed by atoms with van der Waals surface area (Å²) >= 11 is 12.0. The number of H-pyrrole nitrogens is 1.